The maximum atomic E-state index is 6.00. The lowest BCUT2D eigenvalue weighted by Gasteiger charge is -2.23. The number of hydrogen-bond donors (Lipinski definition) is 1. The van der Waals surface area contributed by atoms with E-state index in [1.54, 1.807) is 0 Å². The predicted molar refractivity (Wildman–Crippen MR) is 73.7 cm³/mol. The molecular weight excluding hydrogens is 236 g/mol. The van der Waals surface area contributed by atoms with Crippen LogP contribution in [-0.4, -0.2) is 26.3 Å². The van der Waals surface area contributed by atoms with Gasteiger partial charge in [-0.1, -0.05) is 17.7 Å². The van der Waals surface area contributed by atoms with Gasteiger partial charge in [0, 0.05) is 30.8 Å². The van der Waals surface area contributed by atoms with Gasteiger partial charge >= 0.3 is 0 Å². The zero-order chi connectivity index (χ0) is 12.8. The average molecular weight is 257 g/mol. The molecule has 0 bridgehead atoms. The molecule has 0 heterocycles. The molecular formula is C13H21ClN2O. The molecule has 0 saturated heterocycles. The van der Waals surface area contributed by atoms with Gasteiger partial charge < -0.3 is 15.4 Å². The summed E-state index contributed by atoms with van der Waals surface area (Å²) in [6.07, 6.45) is 0.261. The highest BCUT2D eigenvalue weighted by Gasteiger charge is 2.07. The van der Waals surface area contributed by atoms with Gasteiger partial charge in [0.2, 0.25) is 0 Å². The number of nitrogens with two attached hydrogens (primary N) is 1. The first kappa shape index (κ1) is 14.3. The molecule has 0 aliphatic rings. The molecule has 0 spiro atoms. The Hall–Kier alpha value is -0.770. The minimum Gasteiger partial charge on any atom is -0.377 e. The molecule has 1 aromatic rings. The van der Waals surface area contributed by atoms with Crippen molar-refractivity contribution in [3.05, 3.63) is 28.8 Å². The first-order valence-corrected chi connectivity index (χ1v) is 6.23. The first-order valence-electron chi connectivity index (χ1n) is 5.85. The number of nitrogens with zero attached hydrogens (tertiary/aromatic N) is 1. The Morgan fingerprint density at radius 2 is 2.12 bits per heavy atom. The van der Waals surface area contributed by atoms with Gasteiger partial charge in [0.25, 0.3) is 0 Å². The fraction of sp³-hybridized carbons (Fsp3) is 0.538. The molecule has 0 saturated carbocycles. The van der Waals surface area contributed by atoms with Gasteiger partial charge in [-0.15, -0.1) is 0 Å². The Kier molecular flexibility index (Phi) is 5.75. The normalized spacial score (nSPS) is 10.9. The topological polar surface area (TPSA) is 38.5 Å². The third kappa shape index (κ3) is 4.54. The smallest absolute Gasteiger partial charge is 0.0644 e. The van der Waals surface area contributed by atoms with Crippen LogP contribution in [0.25, 0.3) is 0 Å². The Bertz CT molecular complexity index is 355. The number of anilines is 1. The van der Waals surface area contributed by atoms with Crippen molar-refractivity contribution in [2.45, 2.75) is 26.5 Å². The summed E-state index contributed by atoms with van der Waals surface area (Å²) in [7, 11) is 2.02. The summed E-state index contributed by atoms with van der Waals surface area (Å²) >= 11 is 6.00. The van der Waals surface area contributed by atoms with Gasteiger partial charge in [0.05, 0.1) is 12.7 Å². The van der Waals surface area contributed by atoms with Crippen LogP contribution in [0.2, 0.25) is 5.02 Å². The molecule has 17 heavy (non-hydrogen) atoms. The number of hydrogen-bond acceptors (Lipinski definition) is 3. The van der Waals surface area contributed by atoms with Crippen molar-refractivity contribution < 1.29 is 4.74 Å². The third-order valence-corrected chi connectivity index (χ3v) is 2.79. The Morgan fingerprint density at radius 3 is 2.71 bits per heavy atom. The van der Waals surface area contributed by atoms with E-state index in [1.165, 1.54) is 0 Å². The third-order valence-electron chi connectivity index (χ3n) is 2.56. The van der Waals surface area contributed by atoms with Crippen LogP contribution < -0.4 is 10.6 Å². The van der Waals surface area contributed by atoms with Gasteiger partial charge in [0.15, 0.2) is 0 Å². The van der Waals surface area contributed by atoms with E-state index < -0.39 is 0 Å². The van der Waals surface area contributed by atoms with Crippen LogP contribution in [0.4, 0.5) is 5.69 Å². The molecule has 3 nitrogen and oxygen atoms in total. The molecule has 2 N–H and O–H groups in total. The molecule has 0 radical (unpaired) electrons. The van der Waals surface area contributed by atoms with Crippen LogP contribution >= 0.6 is 11.6 Å². The fourth-order valence-corrected chi connectivity index (χ4v) is 1.78. The summed E-state index contributed by atoms with van der Waals surface area (Å²) in [5.41, 5.74) is 7.89. The zero-order valence-corrected chi connectivity index (χ0v) is 11.5. The van der Waals surface area contributed by atoms with Crippen LogP contribution in [-0.2, 0) is 11.3 Å². The zero-order valence-electron chi connectivity index (χ0n) is 10.7. The maximum absolute atomic E-state index is 6.00. The van der Waals surface area contributed by atoms with Gasteiger partial charge in [-0.25, -0.2) is 0 Å². The van der Waals surface area contributed by atoms with Crippen LogP contribution in [0.5, 0.6) is 0 Å². The second kappa shape index (κ2) is 6.84. The van der Waals surface area contributed by atoms with Crippen molar-refractivity contribution in [3.8, 4) is 0 Å². The Balaban J connectivity index is 2.66. The number of benzene rings is 1. The number of ether oxygens (including phenoxy) is 1. The quantitative estimate of drug-likeness (QED) is 0.851. The fourth-order valence-electron chi connectivity index (χ4n) is 1.61. The highest BCUT2D eigenvalue weighted by molar-refractivity contribution is 6.30. The van der Waals surface area contributed by atoms with Crippen LogP contribution in [0.15, 0.2) is 18.2 Å². The summed E-state index contributed by atoms with van der Waals surface area (Å²) in [6, 6.07) is 5.78. The second-order valence-electron chi connectivity index (χ2n) is 4.32. The SMILES string of the molecule is CC(C)OCCN(C)c1cc(Cl)ccc1CN. The molecule has 0 aliphatic carbocycles. The molecule has 0 aromatic heterocycles. The van der Waals surface area contributed by atoms with Crippen molar-refractivity contribution in [2.75, 3.05) is 25.1 Å². The molecule has 0 amide bonds. The van der Waals surface area contributed by atoms with Gasteiger partial charge in [0.1, 0.15) is 0 Å². The maximum Gasteiger partial charge on any atom is 0.0644 e. The van der Waals surface area contributed by atoms with E-state index in [9.17, 15) is 0 Å². The molecule has 4 heteroatoms. The van der Waals surface area contributed by atoms with Gasteiger partial charge in [-0.2, -0.15) is 0 Å². The summed E-state index contributed by atoms with van der Waals surface area (Å²) in [5, 5.41) is 0.730. The van der Waals surface area contributed by atoms with E-state index in [0.717, 1.165) is 22.8 Å². The molecule has 0 aliphatic heterocycles. The summed E-state index contributed by atoms with van der Waals surface area (Å²) < 4.78 is 5.53. The predicted octanol–water partition coefficient (Wildman–Crippen LogP) is 2.66. The van der Waals surface area contributed by atoms with Crippen LogP contribution in [0, 0.1) is 0 Å². The molecule has 0 atom stereocenters. The van der Waals surface area contributed by atoms with Gasteiger partial charge in [-0.05, 0) is 31.5 Å². The lowest BCUT2D eigenvalue weighted by atomic mass is 10.1. The van der Waals surface area contributed by atoms with Crippen molar-refractivity contribution >= 4 is 17.3 Å². The number of likely N-dealkylation sites (N-methyl/N-ethyl adjacent to an activating group) is 1. The summed E-state index contributed by atoms with van der Waals surface area (Å²) in [6.45, 7) is 6.10. The second-order valence-corrected chi connectivity index (χ2v) is 4.75. The van der Waals surface area contributed by atoms with Crippen LogP contribution in [0.3, 0.4) is 0 Å². The Morgan fingerprint density at radius 1 is 1.41 bits per heavy atom. The lowest BCUT2D eigenvalue weighted by Crippen LogP contribution is -2.25. The number of halogens is 1. The van der Waals surface area contributed by atoms with Gasteiger partial charge in [-0.3, -0.25) is 0 Å². The Labute approximate surface area is 109 Å². The summed E-state index contributed by atoms with van der Waals surface area (Å²) in [4.78, 5) is 2.12. The van der Waals surface area contributed by atoms with Crippen molar-refractivity contribution in [1.29, 1.82) is 0 Å². The van der Waals surface area contributed by atoms with Crippen molar-refractivity contribution in [3.63, 3.8) is 0 Å². The molecule has 96 valence electrons. The molecule has 1 aromatic carbocycles. The van der Waals surface area contributed by atoms with Crippen molar-refractivity contribution in [1.82, 2.24) is 0 Å². The van der Waals surface area contributed by atoms with E-state index in [1.807, 2.05) is 39.1 Å². The minimum atomic E-state index is 0.261. The molecule has 0 fully saturated rings. The number of rotatable bonds is 6. The molecule has 1 rings (SSSR count). The first-order chi connectivity index (χ1) is 8.04. The summed E-state index contributed by atoms with van der Waals surface area (Å²) in [5.74, 6) is 0. The van der Waals surface area contributed by atoms with E-state index >= 15 is 0 Å². The van der Waals surface area contributed by atoms with E-state index in [-0.39, 0.29) is 6.10 Å². The lowest BCUT2D eigenvalue weighted by molar-refractivity contribution is 0.0846. The van der Waals surface area contributed by atoms with E-state index in [0.29, 0.717) is 13.2 Å². The average Bonchev–Trinajstić information content (AvgIpc) is 2.28. The van der Waals surface area contributed by atoms with Crippen LogP contribution in [0.1, 0.15) is 19.4 Å². The van der Waals surface area contributed by atoms with E-state index in [2.05, 4.69) is 4.90 Å². The highest BCUT2D eigenvalue weighted by atomic mass is 35.5. The van der Waals surface area contributed by atoms with E-state index in [4.69, 9.17) is 22.1 Å². The molecule has 0 unspecified atom stereocenters. The van der Waals surface area contributed by atoms with Crippen molar-refractivity contribution in [2.24, 2.45) is 5.73 Å². The standard InChI is InChI=1S/C13H21ClN2O/c1-10(2)17-7-6-16(3)13-8-12(14)5-4-11(13)9-15/h4-5,8,10H,6-7,9,15H2,1-3H3. The monoisotopic (exact) mass is 256 g/mol. The highest BCUT2D eigenvalue weighted by Crippen LogP contribution is 2.23. The largest absolute Gasteiger partial charge is 0.377 e. The minimum absolute atomic E-state index is 0.261.